The Morgan fingerprint density at radius 2 is 1.62 bits per heavy atom. The first kappa shape index (κ1) is 19.5. The molecule has 5 nitrogen and oxygen atoms in total. The van der Waals surface area contributed by atoms with Crippen LogP contribution in [0.25, 0.3) is 0 Å². The van der Waals surface area contributed by atoms with Crippen molar-refractivity contribution in [1.29, 1.82) is 0 Å². The van der Waals surface area contributed by atoms with E-state index < -0.39 is 12.1 Å². The molecule has 26 heavy (non-hydrogen) atoms. The zero-order valence-corrected chi connectivity index (χ0v) is 15.6. The second kappa shape index (κ2) is 9.04. The average Bonchev–Trinajstić information content (AvgIpc) is 2.63. The third-order valence-corrected chi connectivity index (χ3v) is 3.96. The maximum absolute atomic E-state index is 12.3. The van der Waals surface area contributed by atoms with Crippen LogP contribution in [0.15, 0.2) is 48.5 Å². The Hall–Kier alpha value is -2.82. The molecule has 1 N–H and O–H groups in total. The van der Waals surface area contributed by atoms with Gasteiger partial charge in [-0.2, -0.15) is 0 Å². The molecule has 0 spiro atoms. The van der Waals surface area contributed by atoms with Gasteiger partial charge in [0.15, 0.2) is 6.10 Å². The number of rotatable bonds is 7. The molecule has 0 bridgehead atoms. The normalized spacial score (nSPS) is 12.8. The van der Waals surface area contributed by atoms with Gasteiger partial charge in [0.2, 0.25) is 0 Å². The Bertz CT molecular complexity index is 738. The number of aryl methyl sites for hydroxylation is 1. The summed E-state index contributed by atoms with van der Waals surface area (Å²) in [5.74, 6) is -0.101. The molecule has 0 unspecified atom stereocenters. The predicted molar refractivity (Wildman–Crippen MR) is 102 cm³/mol. The van der Waals surface area contributed by atoms with E-state index in [1.165, 1.54) is 0 Å². The number of hydrogen-bond acceptors (Lipinski definition) is 4. The van der Waals surface area contributed by atoms with Crippen molar-refractivity contribution in [2.24, 2.45) is 0 Å². The Morgan fingerprint density at radius 1 is 1.00 bits per heavy atom. The van der Waals surface area contributed by atoms with Crippen LogP contribution in [0.5, 0.6) is 5.75 Å². The molecule has 2 aromatic rings. The molecular weight excluding hydrogens is 330 g/mol. The van der Waals surface area contributed by atoms with Gasteiger partial charge in [-0.3, -0.25) is 4.79 Å². The first-order valence-corrected chi connectivity index (χ1v) is 8.74. The summed E-state index contributed by atoms with van der Waals surface area (Å²) in [5.41, 5.74) is 2.38. The Kier molecular flexibility index (Phi) is 6.78. The van der Waals surface area contributed by atoms with Crippen LogP contribution in [0, 0.1) is 6.92 Å². The molecule has 5 heteroatoms. The third-order valence-electron chi connectivity index (χ3n) is 3.96. The number of amides is 1. The second-order valence-corrected chi connectivity index (χ2v) is 6.26. The van der Waals surface area contributed by atoms with Gasteiger partial charge in [0, 0.05) is 11.3 Å². The molecular formula is C21H25NO4. The van der Waals surface area contributed by atoms with Gasteiger partial charge in [0.25, 0.3) is 5.91 Å². The van der Waals surface area contributed by atoms with Gasteiger partial charge in [0.05, 0.1) is 6.10 Å². The monoisotopic (exact) mass is 355 g/mol. The van der Waals surface area contributed by atoms with Crippen molar-refractivity contribution < 1.29 is 19.1 Å². The molecule has 0 fully saturated rings. The molecule has 2 aromatic carbocycles. The standard InChI is InChI=1S/C21H25NO4/c1-5-15(3)25-21(24)16(4)26-19-12-8-17(9-13-19)20(23)22-18-10-6-14(2)7-11-18/h6-13,15-16H,5H2,1-4H3,(H,22,23)/t15-,16+/m1/s1. The number of hydrogen-bond donors (Lipinski definition) is 1. The highest BCUT2D eigenvalue weighted by molar-refractivity contribution is 6.04. The van der Waals surface area contributed by atoms with E-state index in [-0.39, 0.29) is 12.0 Å². The van der Waals surface area contributed by atoms with E-state index in [0.717, 1.165) is 17.7 Å². The summed E-state index contributed by atoms with van der Waals surface area (Å²) >= 11 is 0. The number of benzene rings is 2. The molecule has 0 aliphatic heterocycles. The zero-order chi connectivity index (χ0) is 19.1. The van der Waals surface area contributed by atoms with Gasteiger partial charge in [-0.15, -0.1) is 0 Å². The van der Waals surface area contributed by atoms with Crippen molar-refractivity contribution in [2.75, 3.05) is 5.32 Å². The van der Waals surface area contributed by atoms with Crippen molar-refractivity contribution in [2.45, 2.75) is 46.3 Å². The first-order valence-electron chi connectivity index (χ1n) is 8.74. The predicted octanol–water partition coefficient (Wildman–Crippen LogP) is 4.36. The molecule has 2 rings (SSSR count). The van der Waals surface area contributed by atoms with E-state index in [4.69, 9.17) is 9.47 Å². The van der Waals surface area contributed by atoms with Crippen LogP contribution in [0.3, 0.4) is 0 Å². The number of anilines is 1. The zero-order valence-electron chi connectivity index (χ0n) is 15.6. The summed E-state index contributed by atoms with van der Waals surface area (Å²) < 4.78 is 10.8. The maximum atomic E-state index is 12.3. The molecule has 0 saturated carbocycles. The van der Waals surface area contributed by atoms with Gasteiger partial charge in [-0.25, -0.2) is 4.79 Å². The van der Waals surface area contributed by atoms with Crippen LogP contribution in [0.4, 0.5) is 5.69 Å². The van der Waals surface area contributed by atoms with Crippen LogP contribution >= 0.6 is 0 Å². The van der Waals surface area contributed by atoms with E-state index in [2.05, 4.69) is 5.32 Å². The maximum Gasteiger partial charge on any atom is 0.347 e. The summed E-state index contributed by atoms with van der Waals surface area (Å²) in [4.78, 5) is 24.2. The fraction of sp³-hybridized carbons (Fsp3) is 0.333. The number of carbonyl (C=O) groups excluding carboxylic acids is 2. The van der Waals surface area contributed by atoms with Crippen molar-refractivity contribution in [1.82, 2.24) is 0 Å². The van der Waals surface area contributed by atoms with Crippen molar-refractivity contribution in [3.05, 3.63) is 59.7 Å². The topological polar surface area (TPSA) is 64.6 Å². The van der Waals surface area contributed by atoms with E-state index in [0.29, 0.717) is 11.3 Å². The smallest absolute Gasteiger partial charge is 0.347 e. The molecule has 0 aliphatic carbocycles. The highest BCUT2D eigenvalue weighted by atomic mass is 16.6. The average molecular weight is 355 g/mol. The van der Waals surface area contributed by atoms with Gasteiger partial charge < -0.3 is 14.8 Å². The molecule has 138 valence electrons. The van der Waals surface area contributed by atoms with Crippen LogP contribution < -0.4 is 10.1 Å². The lowest BCUT2D eigenvalue weighted by molar-refractivity contribution is -0.155. The van der Waals surface area contributed by atoms with Crippen LogP contribution in [-0.2, 0) is 9.53 Å². The summed E-state index contributed by atoms with van der Waals surface area (Å²) in [5, 5.41) is 2.84. The molecule has 0 radical (unpaired) electrons. The SMILES string of the molecule is CC[C@@H](C)OC(=O)[C@H](C)Oc1ccc(C(=O)Nc2ccc(C)cc2)cc1. The van der Waals surface area contributed by atoms with Crippen molar-refractivity contribution in [3.63, 3.8) is 0 Å². The van der Waals surface area contributed by atoms with Gasteiger partial charge in [-0.1, -0.05) is 24.6 Å². The minimum Gasteiger partial charge on any atom is -0.479 e. The Balaban J connectivity index is 1.93. The number of nitrogens with one attached hydrogen (secondary N) is 1. The minimum atomic E-state index is -0.712. The number of esters is 1. The molecule has 2 atom stereocenters. The third kappa shape index (κ3) is 5.62. The van der Waals surface area contributed by atoms with Crippen molar-refractivity contribution in [3.8, 4) is 5.75 Å². The van der Waals surface area contributed by atoms with E-state index >= 15 is 0 Å². The largest absolute Gasteiger partial charge is 0.479 e. The van der Waals surface area contributed by atoms with Gasteiger partial charge >= 0.3 is 5.97 Å². The molecule has 1 amide bonds. The molecule has 0 aliphatic rings. The van der Waals surface area contributed by atoms with E-state index in [9.17, 15) is 9.59 Å². The highest BCUT2D eigenvalue weighted by Gasteiger charge is 2.18. The van der Waals surface area contributed by atoms with E-state index in [1.807, 2.05) is 45.0 Å². The number of carbonyl (C=O) groups is 2. The lowest BCUT2D eigenvalue weighted by Gasteiger charge is -2.17. The summed E-state index contributed by atoms with van der Waals surface area (Å²) in [6, 6.07) is 14.2. The summed E-state index contributed by atoms with van der Waals surface area (Å²) in [6.07, 6.45) is -0.0962. The van der Waals surface area contributed by atoms with Crippen molar-refractivity contribution >= 4 is 17.6 Å². The lowest BCUT2D eigenvalue weighted by atomic mass is 10.2. The van der Waals surface area contributed by atoms with Crippen LogP contribution in [-0.4, -0.2) is 24.1 Å². The molecule has 0 saturated heterocycles. The van der Waals surface area contributed by atoms with Crippen LogP contribution in [0.2, 0.25) is 0 Å². The lowest BCUT2D eigenvalue weighted by Crippen LogP contribution is -2.29. The summed E-state index contributed by atoms with van der Waals surface area (Å²) in [7, 11) is 0. The second-order valence-electron chi connectivity index (χ2n) is 6.26. The fourth-order valence-electron chi connectivity index (χ4n) is 2.15. The van der Waals surface area contributed by atoms with Crippen LogP contribution in [0.1, 0.15) is 43.1 Å². The van der Waals surface area contributed by atoms with Gasteiger partial charge in [-0.05, 0) is 63.6 Å². The van der Waals surface area contributed by atoms with E-state index in [1.54, 1.807) is 31.2 Å². The molecule has 0 aromatic heterocycles. The van der Waals surface area contributed by atoms with Gasteiger partial charge in [0.1, 0.15) is 5.75 Å². The Labute approximate surface area is 154 Å². The first-order chi connectivity index (χ1) is 12.4. The Morgan fingerprint density at radius 3 is 2.19 bits per heavy atom. The minimum absolute atomic E-state index is 0.138. The highest BCUT2D eigenvalue weighted by Crippen LogP contribution is 2.16. The summed E-state index contributed by atoms with van der Waals surface area (Å²) in [6.45, 7) is 7.42. The quantitative estimate of drug-likeness (QED) is 0.750. The molecule has 0 heterocycles. The fourth-order valence-corrected chi connectivity index (χ4v) is 2.15. The number of ether oxygens (including phenoxy) is 2.